The van der Waals surface area contributed by atoms with E-state index < -0.39 is 0 Å². The highest BCUT2D eigenvalue weighted by molar-refractivity contribution is 6.13. The molecule has 0 bridgehead atoms. The molecule has 4 N–H and O–H groups in total. The third-order valence-electron chi connectivity index (χ3n) is 6.98. The molecule has 0 radical (unpaired) electrons. The van der Waals surface area contributed by atoms with E-state index in [-0.39, 0.29) is 5.91 Å². The van der Waals surface area contributed by atoms with Gasteiger partial charge in [-0.1, -0.05) is 0 Å². The van der Waals surface area contributed by atoms with Crippen LogP contribution >= 0.6 is 0 Å². The van der Waals surface area contributed by atoms with Gasteiger partial charge in [0.2, 0.25) is 0 Å². The fourth-order valence-electron chi connectivity index (χ4n) is 5.09. The maximum absolute atomic E-state index is 13.3. The molecule has 3 aromatic heterocycles. The lowest BCUT2D eigenvalue weighted by molar-refractivity contribution is 0.102. The van der Waals surface area contributed by atoms with E-state index in [0.717, 1.165) is 54.3 Å². The molecule has 2 aliphatic rings. The average Bonchev–Trinajstić information content (AvgIpc) is 3.44. The van der Waals surface area contributed by atoms with Crippen molar-refractivity contribution in [3.63, 3.8) is 0 Å². The maximum Gasteiger partial charge on any atom is 0.259 e. The fourth-order valence-corrected chi connectivity index (χ4v) is 5.09. The Morgan fingerprint density at radius 1 is 1.11 bits per heavy atom. The number of aryl methyl sites for hydroxylation is 2. The van der Waals surface area contributed by atoms with Crippen LogP contribution in [0.2, 0.25) is 0 Å². The summed E-state index contributed by atoms with van der Waals surface area (Å²) in [6, 6.07) is 7.05. The first-order valence-electron chi connectivity index (χ1n) is 12.3. The standard InChI is InChI=1S/C25H31N9O/c1-15-13-34-24(27-15)16(12-26)11-22(30-34)29-25(35)19-5-6-21(20-14-32(2)31-23(19)20)33-9-7-18(8-10-33)28-17-3-4-17/h5-6,11,13-14,17-18,28H,3-4,7-10,12,26H2,1-2H3,(H,29,30,35). The second-order valence-electron chi connectivity index (χ2n) is 9.76. The quantitative estimate of drug-likeness (QED) is 0.393. The summed E-state index contributed by atoms with van der Waals surface area (Å²) in [5, 5.41) is 16.8. The van der Waals surface area contributed by atoms with Crippen LogP contribution in [0.1, 0.15) is 47.3 Å². The van der Waals surface area contributed by atoms with Crippen molar-refractivity contribution in [3.05, 3.63) is 47.4 Å². The number of rotatable bonds is 6. The van der Waals surface area contributed by atoms with Gasteiger partial charge in [0.15, 0.2) is 11.5 Å². The van der Waals surface area contributed by atoms with Gasteiger partial charge in [-0.25, -0.2) is 9.50 Å². The van der Waals surface area contributed by atoms with Crippen LogP contribution in [0.15, 0.2) is 30.6 Å². The van der Waals surface area contributed by atoms with Crippen molar-refractivity contribution in [2.75, 3.05) is 23.3 Å². The van der Waals surface area contributed by atoms with Crippen molar-refractivity contribution >= 4 is 34.0 Å². The first kappa shape index (κ1) is 22.0. The van der Waals surface area contributed by atoms with Gasteiger partial charge in [0.25, 0.3) is 5.91 Å². The maximum atomic E-state index is 13.3. The lowest BCUT2D eigenvalue weighted by Gasteiger charge is -2.34. The molecular formula is C25H31N9O. The third-order valence-corrected chi connectivity index (χ3v) is 6.98. The first-order chi connectivity index (χ1) is 17.0. The Hall–Kier alpha value is -3.50. The molecule has 10 nitrogen and oxygen atoms in total. The Morgan fingerprint density at radius 3 is 2.63 bits per heavy atom. The Morgan fingerprint density at radius 2 is 1.89 bits per heavy atom. The summed E-state index contributed by atoms with van der Waals surface area (Å²) in [5.74, 6) is 0.179. The van der Waals surface area contributed by atoms with Crippen LogP contribution in [0.4, 0.5) is 11.5 Å². The summed E-state index contributed by atoms with van der Waals surface area (Å²) >= 11 is 0. The van der Waals surface area contributed by atoms with E-state index >= 15 is 0 Å². The highest BCUT2D eigenvalue weighted by Gasteiger charge is 2.28. The lowest BCUT2D eigenvalue weighted by atomic mass is 10.0. The molecule has 1 saturated carbocycles. The number of hydrogen-bond acceptors (Lipinski definition) is 7. The largest absolute Gasteiger partial charge is 0.371 e. The SMILES string of the molecule is Cc1cn2nc(NC(=O)c3ccc(N4CCC(NC5CC5)CC4)c4cn(C)nc34)cc(CN)c2n1. The molecule has 6 rings (SSSR count). The van der Waals surface area contributed by atoms with Gasteiger partial charge in [-0.3, -0.25) is 9.48 Å². The Labute approximate surface area is 203 Å². The normalized spacial score (nSPS) is 16.9. The highest BCUT2D eigenvalue weighted by Crippen LogP contribution is 2.32. The number of aromatic nitrogens is 5. The molecule has 10 heteroatoms. The summed E-state index contributed by atoms with van der Waals surface area (Å²) in [4.78, 5) is 20.2. The molecule has 182 valence electrons. The van der Waals surface area contributed by atoms with Crippen molar-refractivity contribution in [1.82, 2.24) is 29.7 Å². The van der Waals surface area contributed by atoms with Crippen LogP contribution < -0.4 is 21.3 Å². The summed E-state index contributed by atoms with van der Waals surface area (Å²) in [6.45, 7) is 4.20. The molecular weight excluding hydrogens is 442 g/mol. The molecule has 1 aromatic carbocycles. The molecule has 0 spiro atoms. The molecule has 1 saturated heterocycles. The fraction of sp³-hybridized carbons (Fsp3) is 0.440. The van der Waals surface area contributed by atoms with E-state index in [2.05, 4.69) is 36.8 Å². The summed E-state index contributed by atoms with van der Waals surface area (Å²) in [6.07, 6.45) is 8.72. The molecule has 4 heterocycles. The third kappa shape index (κ3) is 4.23. The van der Waals surface area contributed by atoms with Crippen molar-refractivity contribution in [2.24, 2.45) is 12.8 Å². The second kappa shape index (κ2) is 8.62. The van der Waals surface area contributed by atoms with E-state index in [4.69, 9.17) is 5.73 Å². The molecule has 1 aliphatic carbocycles. The first-order valence-corrected chi connectivity index (χ1v) is 12.3. The summed E-state index contributed by atoms with van der Waals surface area (Å²) < 4.78 is 3.44. The number of fused-ring (bicyclic) bond motifs is 2. The van der Waals surface area contributed by atoms with Gasteiger partial charge in [-0.15, -0.1) is 5.10 Å². The van der Waals surface area contributed by atoms with Crippen LogP contribution in [-0.4, -0.2) is 55.5 Å². The number of nitrogens with one attached hydrogen (secondary N) is 2. The average molecular weight is 474 g/mol. The van der Waals surface area contributed by atoms with E-state index in [1.807, 2.05) is 32.4 Å². The van der Waals surface area contributed by atoms with E-state index in [9.17, 15) is 4.79 Å². The zero-order valence-electron chi connectivity index (χ0n) is 20.2. The minimum Gasteiger partial charge on any atom is -0.371 e. The minimum atomic E-state index is -0.251. The second-order valence-corrected chi connectivity index (χ2v) is 9.76. The van der Waals surface area contributed by atoms with Crippen molar-refractivity contribution in [3.8, 4) is 0 Å². The number of carbonyl (C=O) groups is 1. The number of benzene rings is 1. The molecule has 0 atom stereocenters. The van der Waals surface area contributed by atoms with Crippen molar-refractivity contribution in [2.45, 2.75) is 51.2 Å². The Kier molecular flexibility index (Phi) is 5.42. The number of carbonyl (C=O) groups excluding carboxylic acids is 1. The molecule has 0 unspecified atom stereocenters. The molecule has 4 aromatic rings. The predicted octanol–water partition coefficient (Wildman–Crippen LogP) is 2.36. The van der Waals surface area contributed by atoms with E-state index in [1.54, 1.807) is 15.3 Å². The van der Waals surface area contributed by atoms with Crippen LogP contribution in [0.5, 0.6) is 0 Å². The van der Waals surface area contributed by atoms with Gasteiger partial charge in [0.05, 0.1) is 17.5 Å². The Balaban J connectivity index is 1.26. The number of nitrogens with zero attached hydrogens (tertiary/aromatic N) is 6. The van der Waals surface area contributed by atoms with Gasteiger partial charge < -0.3 is 21.3 Å². The van der Waals surface area contributed by atoms with Gasteiger partial charge in [0, 0.05) is 61.6 Å². The van der Waals surface area contributed by atoms with Crippen molar-refractivity contribution < 1.29 is 4.79 Å². The lowest BCUT2D eigenvalue weighted by Crippen LogP contribution is -2.43. The van der Waals surface area contributed by atoms with Gasteiger partial charge in [-0.2, -0.15) is 5.10 Å². The Bertz CT molecular complexity index is 1410. The number of amides is 1. The van der Waals surface area contributed by atoms with Gasteiger partial charge in [-0.05, 0) is 50.8 Å². The molecule has 1 amide bonds. The monoisotopic (exact) mass is 473 g/mol. The van der Waals surface area contributed by atoms with Crippen LogP contribution in [-0.2, 0) is 13.6 Å². The molecule has 35 heavy (non-hydrogen) atoms. The number of imidazole rings is 1. The molecule has 1 aliphatic heterocycles. The number of anilines is 2. The van der Waals surface area contributed by atoms with E-state index in [1.165, 1.54) is 12.8 Å². The van der Waals surface area contributed by atoms with Crippen molar-refractivity contribution in [1.29, 1.82) is 0 Å². The minimum absolute atomic E-state index is 0.251. The van der Waals surface area contributed by atoms with Gasteiger partial charge in [0.1, 0.15) is 5.52 Å². The predicted molar refractivity (Wildman–Crippen MR) is 136 cm³/mol. The number of nitrogens with two attached hydrogens (primary N) is 1. The topological polar surface area (TPSA) is 118 Å². The summed E-state index contributed by atoms with van der Waals surface area (Å²) in [7, 11) is 1.89. The van der Waals surface area contributed by atoms with Gasteiger partial charge >= 0.3 is 0 Å². The molecule has 2 fully saturated rings. The summed E-state index contributed by atoms with van der Waals surface area (Å²) in [5.41, 5.74) is 10.6. The highest BCUT2D eigenvalue weighted by atomic mass is 16.1. The zero-order valence-corrected chi connectivity index (χ0v) is 20.2. The number of hydrogen-bond donors (Lipinski definition) is 3. The van der Waals surface area contributed by atoms with Crippen LogP contribution in [0.3, 0.4) is 0 Å². The van der Waals surface area contributed by atoms with E-state index in [0.29, 0.717) is 35.1 Å². The smallest absolute Gasteiger partial charge is 0.259 e. The number of piperidine rings is 1. The zero-order chi connectivity index (χ0) is 24.1. The van der Waals surface area contributed by atoms with Crippen LogP contribution in [0.25, 0.3) is 16.6 Å². The van der Waals surface area contributed by atoms with Crippen LogP contribution in [0, 0.1) is 6.92 Å².